The first-order valence-corrected chi connectivity index (χ1v) is 8.47. The Hall–Kier alpha value is -0.450. The fraction of sp³-hybridized carbons (Fsp3) is 0.800. The Balaban J connectivity index is 1.87. The first kappa shape index (κ1) is 13.5. The van der Waals surface area contributed by atoms with E-state index >= 15 is 0 Å². The predicted molar refractivity (Wildman–Crippen MR) is 78.8 cm³/mol. The first-order valence-electron chi connectivity index (χ1n) is 7.66. The normalized spacial score (nSPS) is 22.2. The van der Waals surface area contributed by atoms with Gasteiger partial charge in [-0.2, -0.15) is 0 Å². The molecule has 0 saturated carbocycles. The number of thiazole rings is 1. The molecule has 2 aliphatic rings. The Morgan fingerprint density at radius 2 is 2.05 bits per heavy atom. The smallest absolute Gasteiger partial charge is 0.113 e. The summed E-state index contributed by atoms with van der Waals surface area (Å²) in [5.41, 5.74) is 1.48. The maximum atomic E-state index is 5.57. The summed E-state index contributed by atoms with van der Waals surface area (Å²) in [6, 6.07) is 0. The molecule has 19 heavy (non-hydrogen) atoms. The number of rotatable bonds is 4. The highest BCUT2D eigenvalue weighted by molar-refractivity contribution is 7.11. The molecule has 1 aliphatic carbocycles. The molecular weight excluding hydrogens is 256 g/mol. The van der Waals surface area contributed by atoms with Crippen molar-refractivity contribution in [2.24, 2.45) is 0 Å². The lowest BCUT2D eigenvalue weighted by atomic mass is 9.90. The molecule has 106 valence electrons. The molecule has 2 heterocycles. The zero-order chi connectivity index (χ0) is 13.1. The maximum Gasteiger partial charge on any atom is 0.113 e. The first-order chi connectivity index (χ1) is 9.34. The third kappa shape index (κ3) is 2.71. The Bertz CT molecular complexity index is 400. The van der Waals surface area contributed by atoms with E-state index in [4.69, 9.17) is 9.72 Å². The quantitative estimate of drug-likeness (QED) is 0.920. The van der Waals surface area contributed by atoms with Crippen molar-refractivity contribution in [1.82, 2.24) is 10.3 Å². The Morgan fingerprint density at radius 3 is 2.79 bits per heavy atom. The van der Waals surface area contributed by atoms with Crippen molar-refractivity contribution in [3.63, 3.8) is 0 Å². The van der Waals surface area contributed by atoms with Crippen LogP contribution in [0.5, 0.6) is 0 Å². The highest BCUT2D eigenvalue weighted by atomic mass is 32.1. The van der Waals surface area contributed by atoms with Gasteiger partial charge < -0.3 is 10.1 Å². The lowest BCUT2D eigenvalue weighted by Gasteiger charge is -2.36. The topological polar surface area (TPSA) is 34.2 Å². The van der Waals surface area contributed by atoms with E-state index in [1.54, 1.807) is 4.88 Å². The van der Waals surface area contributed by atoms with Gasteiger partial charge in [0.05, 0.1) is 11.2 Å². The molecule has 1 aromatic rings. The average Bonchev–Trinajstić information content (AvgIpc) is 2.91. The monoisotopic (exact) mass is 280 g/mol. The summed E-state index contributed by atoms with van der Waals surface area (Å²) in [6.07, 6.45) is 8.40. The summed E-state index contributed by atoms with van der Waals surface area (Å²) in [6.45, 7) is 5.03. The lowest BCUT2D eigenvalue weighted by Crippen LogP contribution is -2.47. The van der Waals surface area contributed by atoms with Gasteiger partial charge in [-0.25, -0.2) is 4.98 Å². The highest BCUT2D eigenvalue weighted by Gasteiger charge is 2.37. The molecule has 1 N–H and O–H groups in total. The number of fused-ring (bicyclic) bond motifs is 1. The number of nitrogens with one attached hydrogen (secondary N) is 1. The van der Waals surface area contributed by atoms with E-state index in [1.807, 2.05) is 11.3 Å². The van der Waals surface area contributed by atoms with E-state index in [9.17, 15) is 0 Å². The molecule has 0 bridgehead atoms. The number of ether oxygens (including phenoxy) is 1. The average molecular weight is 280 g/mol. The summed E-state index contributed by atoms with van der Waals surface area (Å²) >= 11 is 1.96. The van der Waals surface area contributed by atoms with Crippen LogP contribution in [0, 0.1) is 0 Å². The molecule has 3 rings (SSSR count). The van der Waals surface area contributed by atoms with Crippen LogP contribution >= 0.6 is 11.3 Å². The second-order valence-electron chi connectivity index (χ2n) is 5.72. The van der Waals surface area contributed by atoms with Gasteiger partial charge in [0.15, 0.2) is 0 Å². The van der Waals surface area contributed by atoms with E-state index in [2.05, 4.69) is 12.2 Å². The Morgan fingerprint density at radius 1 is 1.26 bits per heavy atom. The second kappa shape index (κ2) is 5.90. The molecule has 0 radical (unpaired) electrons. The number of nitrogens with zero attached hydrogens (tertiary/aromatic N) is 1. The molecule has 0 aromatic carbocycles. The van der Waals surface area contributed by atoms with Crippen LogP contribution in [0.25, 0.3) is 0 Å². The van der Waals surface area contributed by atoms with Crippen molar-refractivity contribution in [2.75, 3.05) is 19.8 Å². The highest BCUT2D eigenvalue weighted by Crippen LogP contribution is 2.38. The standard InChI is InChI=1S/C15H24N2OS/c1-2-9-16-15(7-10-18-11-8-15)14-17-12-5-3-4-6-13(12)19-14/h16H,2-11H2,1H3. The van der Waals surface area contributed by atoms with Crippen LogP contribution in [0.1, 0.15) is 54.6 Å². The summed E-state index contributed by atoms with van der Waals surface area (Å²) in [5.74, 6) is 0. The van der Waals surface area contributed by atoms with E-state index in [-0.39, 0.29) is 5.54 Å². The van der Waals surface area contributed by atoms with Crippen LogP contribution in [-0.4, -0.2) is 24.7 Å². The van der Waals surface area contributed by atoms with Crippen molar-refractivity contribution < 1.29 is 4.74 Å². The van der Waals surface area contributed by atoms with E-state index in [1.165, 1.54) is 42.8 Å². The number of hydrogen-bond donors (Lipinski definition) is 1. The van der Waals surface area contributed by atoms with Gasteiger partial charge in [0.1, 0.15) is 5.01 Å². The van der Waals surface area contributed by atoms with E-state index in [0.717, 1.165) is 32.6 Å². The third-order valence-corrected chi connectivity index (χ3v) is 5.68. The van der Waals surface area contributed by atoms with Crippen molar-refractivity contribution in [3.05, 3.63) is 15.6 Å². The fourth-order valence-electron chi connectivity index (χ4n) is 3.11. The summed E-state index contributed by atoms with van der Waals surface area (Å²) < 4.78 is 5.57. The molecule has 1 fully saturated rings. The van der Waals surface area contributed by atoms with Gasteiger partial charge in [0, 0.05) is 18.1 Å². The van der Waals surface area contributed by atoms with Gasteiger partial charge in [-0.3, -0.25) is 0 Å². The predicted octanol–water partition coefficient (Wildman–Crippen LogP) is 3.03. The van der Waals surface area contributed by atoms with Crippen LogP contribution in [0.3, 0.4) is 0 Å². The summed E-state index contributed by atoms with van der Waals surface area (Å²) in [7, 11) is 0. The van der Waals surface area contributed by atoms with Crippen LogP contribution < -0.4 is 5.32 Å². The van der Waals surface area contributed by atoms with Crippen molar-refractivity contribution in [3.8, 4) is 0 Å². The van der Waals surface area contributed by atoms with E-state index < -0.39 is 0 Å². The van der Waals surface area contributed by atoms with Gasteiger partial charge in [0.25, 0.3) is 0 Å². The molecule has 0 amide bonds. The Labute approximate surface area is 119 Å². The molecular formula is C15H24N2OS. The largest absolute Gasteiger partial charge is 0.381 e. The van der Waals surface area contributed by atoms with Crippen molar-refractivity contribution in [2.45, 2.75) is 57.4 Å². The van der Waals surface area contributed by atoms with Crippen LogP contribution in [0.4, 0.5) is 0 Å². The third-order valence-electron chi connectivity index (χ3n) is 4.31. The summed E-state index contributed by atoms with van der Waals surface area (Å²) in [4.78, 5) is 6.55. The molecule has 3 nitrogen and oxygen atoms in total. The zero-order valence-corrected chi connectivity index (χ0v) is 12.7. The van der Waals surface area contributed by atoms with Crippen LogP contribution in [0.15, 0.2) is 0 Å². The second-order valence-corrected chi connectivity index (χ2v) is 6.80. The minimum atomic E-state index is 0.0935. The molecule has 0 spiro atoms. The molecule has 1 aliphatic heterocycles. The van der Waals surface area contributed by atoms with Gasteiger partial charge in [0.2, 0.25) is 0 Å². The van der Waals surface area contributed by atoms with Gasteiger partial charge in [-0.1, -0.05) is 6.92 Å². The SMILES string of the molecule is CCCNC1(c2nc3c(s2)CCCC3)CCOCC1. The molecule has 0 atom stereocenters. The molecule has 4 heteroatoms. The number of aryl methyl sites for hydroxylation is 2. The van der Waals surface area contributed by atoms with E-state index in [0.29, 0.717) is 0 Å². The van der Waals surface area contributed by atoms with Crippen molar-refractivity contribution in [1.29, 1.82) is 0 Å². The number of hydrogen-bond acceptors (Lipinski definition) is 4. The zero-order valence-electron chi connectivity index (χ0n) is 11.8. The van der Waals surface area contributed by atoms with Gasteiger partial charge in [-0.15, -0.1) is 11.3 Å². The Kier molecular flexibility index (Phi) is 4.20. The molecule has 1 aromatic heterocycles. The lowest BCUT2D eigenvalue weighted by molar-refractivity contribution is 0.0366. The van der Waals surface area contributed by atoms with Crippen molar-refractivity contribution >= 4 is 11.3 Å². The maximum absolute atomic E-state index is 5.57. The number of aromatic nitrogens is 1. The fourth-order valence-corrected chi connectivity index (χ4v) is 4.48. The summed E-state index contributed by atoms with van der Waals surface area (Å²) in [5, 5.41) is 5.11. The minimum Gasteiger partial charge on any atom is -0.381 e. The van der Waals surface area contributed by atoms with Crippen LogP contribution in [-0.2, 0) is 23.1 Å². The van der Waals surface area contributed by atoms with Gasteiger partial charge in [-0.05, 0) is 51.5 Å². The molecule has 0 unspecified atom stereocenters. The van der Waals surface area contributed by atoms with Crippen LogP contribution in [0.2, 0.25) is 0 Å². The minimum absolute atomic E-state index is 0.0935. The molecule has 1 saturated heterocycles. The van der Waals surface area contributed by atoms with Gasteiger partial charge >= 0.3 is 0 Å².